The number of amides is 1. The van der Waals surface area contributed by atoms with Crippen molar-refractivity contribution in [3.05, 3.63) is 0 Å². The SMILES string of the molecule is CC1(NC(=O)CSCC#N)CCCC1. The van der Waals surface area contributed by atoms with Gasteiger partial charge >= 0.3 is 0 Å². The van der Waals surface area contributed by atoms with E-state index in [1.54, 1.807) is 0 Å². The first-order valence-corrected chi connectivity index (χ1v) is 6.07. The third-order valence-electron chi connectivity index (χ3n) is 2.55. The Morgan fingerprint density at radius 3 is 2.79 bits per heavy atom. The molecule has 4 heteroatoms. The van der Waals surface area contributed by atoms with Gasteiger partial charge in [-0.2, -0.15) is 5.26 Å². The molecule has 1 N–H and O–H groups in total. The maximum Gasteiger partial charge on any atom is 0.230 e. The monoisotopic (exact) mass is 212 g/mol. The number of hydrogen-bond acceptors (Lipinski definition) is 3. The third kappa shape index (κ3) is 3.59. The summed E-state index contributed by atoms with van der Waals surface area (Å²) in [5, 5.41) is 11.4. The van der Waals surface area contributed by atoms with Gasteiger partial charge < -0.3 is 5.32 Å². The van der Waals surface area contributed by atoms with Crippen molar-refractivity contribution >= 4 is 17.7 Å². The minimum absolute atomic E-state index is 0.0181. The fraction of sp³-hybridized carbons (Fsp3) is 0.800. The number of rotatable bonds is 4. The maximum absolute atomic E-state index is 11.4. The Labute approximate surface area is 89.2 Å². The molecule has 3 nitrogen and oxygen atoms in total. The van der Waals surface area contributed by atoms with Crippen molar-refractivity contribution in [2.45, 2.75) is 38.1 Å². The zero-order valence-corrected chi connectivity index (χ0v) is 9.32. The second kappa shape index (κ2) is 5.26. The number of nitriles is 1. The van der Waals surface area contributed by atoms with E-state index in [9.17, 15) is 4.79 Å². The first-order chi connectivity index (χ1) is 6.66. The van der Waals surface area contributed by atoms with Crippen molar-refractivity contribution in [1.29, 1.82) is 5.26 Å². The fourth-order valence-electron chi connectivity index (χ4n) is 1.84. The smallest absolute Gasteiger partial charge is 0.230 e. The molecule has 0 unspecified atom stereocenters. The zero-order chi connectivity index (χ0) is 10.4. The van der Waals surface area contributed by atoms with Gasteiger partial charge in [-0.1, -0.05) is 12.8 Å². The summed E-state index contributed by atoms with van der Waals surface area (Å²) < 4.78 is 0. The molecule has 1 aliphatic carbocycles. The number of nitrogens with one attached hydrogen (secondary N) is 1. The second-order valence-electron chi connectivity index (χ2n) is 3.97. The summed E-state index contributed by atoms with van der Waals surface area (Å²) >= 11 is 1.37. The second-order valence-corrected chi connectivity index (χ2v) is 4.95. The number of carbonyl (C=O) groups excluding carboxylic acids is 1. The van der Waals surface area contributed by atoms with E-state index in [-0.39, 0.29) is 11.4 Å². The first-order valence-electron chi connectivity index (χ1n) is 4.92. The Hall–Kier alpha value is -0.690. The molecule has 0 aliphatic heterocycles. The molecule has 0 aromatic carbocycles. The highest BCUT2D eigenvalue weighted by molar-refractivity contribution is 8.00. The van der Waals surface area contributed by atoms with Crippen LogP contribution in [-0.4, -0.2) is 23.0 Å². The predicted octanol–water partition coefficient (Wildman–Crippen LogP) is 1.69. The lowest BCUT2D eigenvalue weighted by atomic mass is 10.0. The third-order valence-corrected chi connectivity index (χ3v) is 3.35. The van der Waals surface area contributed by atoms with Crippen molar-refractivity contribution in [1.82, 2.24) is 5.32 Å². The van der Waals surface area contributed by atoms with Crippen LogP contribution in [0.15, 0.2) is 0 Å². The van der Waals surface area contributed by atoms with Crippen molar-refractivity contribution in [2.75, 3.05) is 11.5 Å². The standard InChI is InChI=1S/C10H16N2OS/c1-10(4-2-3-5-10)12-9(13)8-14-7-6-11/h2-5,7-8H2,1H3,(H,12,13). The van der Waals surface area contributed by atoms with E-state index in [4.69, 9.17) is 5.26 Å². The van der Waals surface area contributed by atoms with Gasteiger partial charge in [0.05, 0.1) is 17.6 Å². The molecule has 0 aromatic heterocycles. The van der Waals surface area contributed by atoms with Gasteiger partial charge in [0, 0.05) is 5.54 Å². The predicted molar refractivity (Wildman–Crippen MR) is 58.0 cm³/mol. The lowest BCUT2D eigenvalue weighted by Crippen LogP contribution is -2.44. The zero-order valence-electron chi connectivity index (χ0n) is 8.51. The molecule has 0 spiro atoms. The summed E-state index contributed by atoms with van der Waals surface area (Å²) in [5.41, 5.74) is 0.0181. The molecule has 0 bridgehead atoms. The van der Waals surface area contributed by atoms with E-state index in [0.717, 1.165) is 12.8 Å². The molecule has 1 saturated carbocycles. The molecular weight excluding hydrogens is 196 g/mol. The van der Waals surface area contributed by atoms with E-state index in [2.05, 4.69) is 12.2 Å². The normalized spacial score (nSPS) is 18.9. The molecule has 78 valence electrons. The van der Waals surface area contributed by atoms with E-state index < -0.39 is 0 Å². The molecule has 1 aliphatic rings. The van der Waals surface area contributed by atoms with Crippen LogP contribution in [0.2, 0.25) is 0 Å². The molecule has 0 aromatic rings. The first kappa shape index (κ1) is 11.4. The topological polar surface area (TPSA) is 52.9 Å². The van der Waals surface area contributed by atoms with Crippen molar-refractivity contribution in [2.24, 2.45) is 0 Å². The quantitative estimate of drug-likeness (QED) is 0.721. The molecule has 0 heterocycles. The molecular formula is C10H16N2OS. The number of nitrogens with zero attached hydrogens (tertiary/aromatic N) is 1. The molecule has 0 saturated heterocycles. The minimum Gasteiger partial charge on any atom is -0.350 e. The van der Waals surface area contributed by atoms with Gasteiger partial charge in [-0.25, -0.2) is 0 Å². The van der Waals surface area contributed by atoms with Crippen LogP contribution in [0.25, 0.3) is 0 Å². The Morgan fingerprint density at radius 1 is 1.57 bits per heavy atom. The Bertz CT molecular complexity index is 241. The van der Waals surface area contributed by atoms with Gasteiger partial charge in [-0.15, -0.1) is 11.8 Å². The Balaban J connectivity index is 2.23. The summed E-state index contributed by atoms with van der Waals surface area (Å²) in [5.74, 6) is 0.863. The van der Waals surface area contributed by atoms with Crippen LogP contribution >= 0.6 is 11.8 Å². The highest BCUT2D eigenvalue weighted by Crippen LogP contribution is 2.28. The molecule has 14 heavy (non-hydrogen) atoms. The molecule has 1 rings (SSSR count). The van der Waals surface area contributed by atoms with Gasteiger partial charge in [-0.05, 0) is 19.8 Å². The number of carbonyl (C=O) groups is 1. The van der Waals surface area contributed by atoms with Crippen LogP contribution < -0.4 is 5.32 Å². The highest BCUT2D eigenvalue weighted by atomic mass is 32.2. The Kier molecular flexibility index (Phi) is 4.27. The van der Waals surface area contributed by atoms with E-state index >= 15 is 0 Å². The van der Waals surface area contributed by atoms with Crippen LogP contribution in [0.5, 0.6) is 0 Å². The Morgan fingerprint density at radius 2 is 2.21 bits per heavy atom. The summed E-state index contributed by atoms with van der Waals surface area (Å²) in [4.78, 5) is 11.4. The summed E-state index contributed by atoms with van der Waals surface area (Å²) in [7, 11) is 0. The van der Waals surface area contributed by atoms with Gasteiger partial charge in [0.15, 0.2) is 0 Å². The molecule has 0 atom stereocenters. The fourth-order valence-corrected chi connectivity index (χ4v) is 2.29. The summed E-state index contributed by atoms with van der Waals surface area (Å²) in [6, 6.07) is 2.01. The molecule has 0 radical (unpaired) electrons. The minimum atomic E-state index is 0.0181. The number of hydrogen-bond donors (Lipinski definition) is 1. The molecule has 1 amide bonds. The van der Waals surface area contributed by atoms with E-state index in [1.165, 1.54) is 24.6 Å². The van der Waals surface area contributed by atoms with Crippen LogP contribution in [-0.2, 0) is 4.79 Å². The van der Waals surface area contributed by atoms with Crippen LogP contribution in [0.4, 0.5) is 0 Å². The van der Waals surface area contributed by atoms with Gasteiger partial charge in [-0.3, -0.25) is 4.79 Å². The van der Waals surface area contributed by atoms with Crippen LogP contribution in [0.3, 0.4) is 0 Å². The summed E-state index contributed by atoms with van der Waals surface area (Å²) in [6.45, 7) is 2.10. The van der Waals surface area contributed by atoms with Gasteiger partial charge in [0.1, 0.15) is 0 Å². The van der Waals surface area contributed by atoms with Crippen molar-refractivity contribution in [3.63, 3.8) is 0 Å². The van der Waals surface area contributed by atoms with Gasteiger partial charge in [0.2, 0.25) is 5.91 Å². The highest BCUT2D eigenvalue weighted by Gasteiger charge is 2.29. The lowest BCUT2D eigenvalue weighted by Gasteiger charge is -2.25. The van der Waals surface area contributed by atoms with E-state index in [1.807, 2.05) is 6.07 Å². The van der Waals surface area contributed by atoms with Gasteiger partial charge in [0.25, 0.3) is 0 Å². The maximum atomic E-state index is 11.4. The van der Waals surface area contributed by atoms with Crippen molar-refractivity contribution in [3.8, 4) is 6.07 Å². The van der Waals surface area contributed by atoms with Crippen LogP contribution in [0.1, 0.15) is 32.6 Å². The number of thioether (sulfide) groups is 1. The van der Waals surface area contributed by atoms with Crippen LogP contribution in [0, 0.1) is 11.3 Å². The van der Waals surface area contributed by atoms with Crippen molar-refractivity contribution < 1.29 is 4.79 Å². The summed E-state index contributed by atoms with van der Waals surface area (Å²) in [6.07, 6.45) is 4.59. The average molecular weight is 212 g/mol. The lowest BCUT2D eigenvalue weighted by molar-refractivity contribution is -0.120. The largest absolute Gasteiger partial charge is 0.350 e. The van der Waals surface area contributed by atoms with E-state index in [0.29, 0.717) is 11.5 Å². The molecule has 1 fully saturated rings. The average Bonchev–Trinajstić information content (AvgIpc) is 2.52.